The number of hydrogen-bond donors (Lipinski definition) is 1. The van der Waals surface area contributed by atoms with Crippen molar-refractivity contribution in [1.29, 1.82) is 0 Å². The van der Waals surface area contributed by atoms with Gasteiger partial charge in [0.15, 0.2) is 15.8 Å². The molecule has 0 unspecified atom stereocenters. The predicted molar refractivity (Wildman–Crippen MR) is 125 cm³/mol. The number of rotatable bonds is 10. The zero-order chi connectivity index (χ0) is 22.1. The monoisotopic (exact) mass is 476 g/mol. The molecular weight excluding hydrogens is 456 g/mol. The van der Waals surface area contributed by atoms with Crippen LogP contribution in [-0.2, 0) is 11.4 Å². The Balaban J connectivity index is 1.56. The standard InChI is InChI=1S/C21H21ClN4O3S2/c1-3-28-19-10-15(8-9-18(19)29-12-16-6-4-5-7-17(16)22)11-23-25-20(27)13-30-21-26-24-14(2)31-21/h4-11H,3,12-13H2,1-2H3,(H,25,27). The fourth-order valence-corrected chi connectivity index (χ4v) is 4.24. The van der Waals surface area contributed by atoms with Crippen LogP contribution in [0.3, 0.4) is 0 Å². The van der Waals surface area contributed by atoms with E-state index < -0.39 is 0 Å². The molecule has 0 aliphatic rings. The third-order valence-corrected chi connectivity index (χ3v) is 6.19. The molecule has 0 bridgehead atoms. The number of benzene rings is 2. The first-order valence-corrected chi connectivity index (χ1v) is 11.6. The van der Waals surface area contributed by atoms with E-state index in [0.29, 0.717) is 29.7 Å². The van der Waals surface area contributed by atoms with E-state index in [1.54, 1.807) is 18.3 Å². The highest BCUT2D eigenvalue weighted by Crippen LogP contribution is 2.29. The number of aromatic nitrogens is 2. The molecule has 0 saturated heterocycles. The van der Waals surface area contributed by atoms with Crippen molar-refractivity contribution in [2.75, 3.05) is 12.4 Å². The third kappa shape index (κ3) is 7.23. The lowest BCUT2D eigenvalue weighted by Crippen LogP contribution is -2.19. The van der Waals surface area contributed by atoms with Gasteiger partial charge in [-0.25, -0.2) is 5.43 Å². The van der Waals surface area contributed by atoms with Gasteiger partial charge in [-0.1, -0.05) is 52.9 Å². The zero-order valence-electron chi connectivity index (χ0n) is 17.0. The number of halogens is 1. The number of aryl methyl sites for hydroxylation is 1. The zero-order valence-corrected chi connectivity index (χ0v) is 19.4. The Bertz CT molecular complexity index is 1060. The molecule has 0 fully saturated rings. The first kappa shape index (κ1) is 23.1. The lowest BCUT2D eigenvalue weighted by molar-refractivity contribution is -0.118. The Morgan fingerprint density at radius 2 is 2.06 bits per heavy atom. The van der Waals surface area contributed by atoms with Gasteiger partial charge in [-0.2, -0.15) is 5.10 Å². The number of hydrazone groups is 1. The number of ether oxygens (including phenoxy) is 2. The van der Waals surface area contributed by atoms with Crippen molar-refractivity contribution < 1.29 is 14.3 Å². The quantitative estimate of drug-likeness (QED) is 0.259. The third-order valence-electron chi connectivity index (χ3n) is 3.85. The maximum absolute atomic E-state index is 11.9. The highest BCUT2D eigenvalue weighted by atomic mass is 35.5. The van der Waals surface area contributed by atoms with E-state index in [1.165, 1.54) is 23.1 Å². The lowest BCUT2D eigenvalue weighted by atomic mass is 10.2. The van der Waals surface area contributed by atoms with Gasteiger partial charge in [0.1, 0.15) is 11.6 Å². The molecular formula is C21H21ClN4O3S2. The summed E-state index contributed by atoms with van der Waals surface area (Å²) in [4.78, 5) is 11.9. The van der Waals surface area contributed by atoms with Crippen LogP contribution in [0.5, 0.6) is 11.5 Å². The van der Waals surface area contributed by atoms with Crippen molar-refractivity contribution in [3.8, 4) is 11.5 Å². The van der Waals surface area contributed by atoms with Crippen LogP contribution >= 0.6 is 34.7 Å². The second-order valence-corrected chi connectivity index (χ2v) is 9.00. The highest BCUT2D eigenvalue weighted by molar-refractivity contribution is 8.01. The molecule has 3 aromatic rings. The van der Waals surface area contributed by atoms with Crippen LogP contribution in [0, 0.1) is 6.92 Å². The SMILES string of the molecule is CCOc1cc(C=NNC(=O)CSc2nnc(C)s2)ccc1OCc1ccccc1Cl. The van der Waals surface area contributed by atoms with E-state index in [2.05, 4.69) is 20.7 Å². The second-order valence-electron chi connectivity index (χ2n) is 6.19. The van der Waals surface area contributed by atoms with Gasteiger partial charge in [-0.05, 0) is 43.7 Å². The van der Waals surface area contributed by atoms with Gasteiger partial charge in [0, 0.05) is 10.6 Å². The first-order valence-electron chi connectivity index (χ1n) is 9.43. The van der Waals surface area contributed by atoms with Crippen LogP contribution in [0.1, 0.15) is 23.1 Å². The molecule has 7 nitrogen and oxygen atoms in total. The summed E-state index contributed by atoms with van der Waals surface area (Å²) in [6.45, 7) is 4.59. The van der Waals surface area contributed by atoms with Crippen molar-refractivity contribution in [2.24, 2.45) is 5.10 Å². The van der Waals surface area contributed by atoms with Crippen molar-refractivity contribution >= 4 is 46.8 Å². The number of amides is 1. The van der Waals surface area contributed by atoms with Crippen molar-refractivity contribution in [3.63, 3.8) is 0 Å². The smallest absolute Gasteiger partial charge is 0.250 e. The predicted octanol–water partition coefficient (Wildman–Crippen LogP) is 4.72. The van der Waals surface area contributed by atoms with Crippen LogP contribution in [0.4, 0.5) is 0 Å². The molecule has 0 spiro atoms. The normalized spacial score (nSPS) is 10.9. The Labute approximate surface area is 193 Å². The largest absolute Gasteiger partial charge is 0.490 e. The Kier molecular flexibility index (Phi) is 8.69. The summed E-state index contributed by atoms with van der Waals surface area (Å²) in [7, 11) is 0. The molecule has 31 heavy (non-hydrogen) atoms. The number of nitrogens with one attached hydrogen (secondary N) is 1. The average molecular weight is 477 g/mol. The van der Waals surface area contributed by atoms with E-state index in [9.17, 15) is 4.79 Å². The van der Waals surface area contributed by atoms with Crippen molar-refractivity contribution in [3.05, 3.63) is 63.6 Å². The molecule has 1 N–H and O–H groups in total. The maximum atomic E-state index is 11.9. The Morgan fingerprint density at radius 3 is 2.81 bits per heavy atom. The molecule has 0 atom stereocenters. The first-order chi connectivity index (χ1) is 15.0. The number of carbonyl (C=O) groups excluding carboxylic acids is 1. The van der Waals surface area contributed by atoms with Crippen LogP contribution < -0.4 is 14.9 Å². The maximum Gasteiger partial charge on any atom is 0.250 e. The fourth-order valence-electron chi connectivity index (χ4n) is 2.44. The minimum atomic E-state index is -0.223. The minimum Gasteiger partial charge on any atom is -0.490 e. The topological polar surface area (TPSA) is 85.7 Å². The molecule has 0 aliphatic carbocycles. The van der Waals surface area contributed by atoms with Crippen LogP contribution in [-0.4, -0.2) is 34.7 Å². The van der Waals surface area contributed by atoms with Gasteiger partial charge < -0.3 is 9.47 Å². The van der Waals surface area contributed by atoms with E-state index in [0.717, 1.165) is 20.5 Å². The molecule has 1 amide bonds. The molecule has 1 aromatic heterocycles. The summed E-state index contributed by atoms with van der Waals surface area (Å²) in [5, 5.41) is 13.4. The number of nitrogens with zero attached hydrogens (tertiary/aromatic N) is 3. The average Bonchev–Trinajstić information content (AvgIpc) is 3.18. The Morgan fingerprint density at radius 1 is 1.23 bits per heavy atom. The van der Waals surface area contributed by atoms with E-state index >= 15 is 0 Å². The summed E-state index contributed by atoms with van der Waals surface area (Å²) in [5.74, 6) is 1.18. The molecule has 0 saturated carbocycles. The van der Waals surface area contributed by atoms with E-state index in [-0.39, 0.29) is 11.7 Å². The van der Waals surface area contributed by atoms with E-state index in [1.807, 2.05) is 44.2 Å². The lowest BCUT2D eigenvalue weighted by Gasteiger charge is -2.13. The van der Waals surface area contributed by atoms with Gasteiger partial charge in [0.2, 0.25) is 0 Å². The molecule has 3 rings (SSSR count). The summed E-state index contributed by atoms with van der Waals surface area (Å²) < 4.78 is 12.3. The Hall–Kier alpha value is -2.62. The number of hydrogen-bond acceptors (Lipinski definition) is 8. The number of carbonyl (C=O) groups is 1. The van der Waals surface area contributed by atoms with Crippen molar-refractivity contribution in [1.82, 2.24) is 15.6 Å². The van der Waals surface area contributed by atoms with Crippen molar-refractivity contribution in [2.45, 2.75) is 24.8 Å². The van der Waals surface area contributed by atoms with Crippen LogP contribution in [0.2, 0.25) is 5.02 Å². The summed E-state index contributed by atoms with van der Waals surface area (Å²) >= 11 is 8.96. The molecule has 1 heterocycles. The highest BCUT2D eigenvalue weighted by Gasteiger charge is 2.09. The van der Waals surface area contributed by atoms with Gasteiger partial charge in [0.25, 0.3) is 5.91 Å². The van der Waals surface area contributed by atoms with Gasteiger partial charge >= 0.3 is 0 Å². The second kappa shape index (κ2) is 11.7. The van der Waals surface area contributed by atoms with Gasteiger partial charge in [0.05, 0.1) is 18.6 Å². The molecule has 2 aromatic carbocycles. The summed E-state index contributed by atoms with van der Waals surface area (Å²) in [6, 6.07) is 13.0. The fraction of sp³-hybridized carbons (Fsp3) is 0.238. The molecule has 0 radical (unpaired) electrons. The van der Waals surface area contributed by atoms with Crippen LogP contribution in [0.25, 0.3) is 0 Å². The van der Waals surface area contributed by atoms with E-state index in [4.69, 9.17) is 21.1 Å². The summed E-state index contributed by atoms with van der Waals surface area (Å²) in [6.07, 6.45) is 1.55. The minimum absolute atomic E-state index is 0.213. The molecule has 162 valence electrons. The van der Waals surface area contributed by atoms with Gasteiger partial charge in [-0.15, -0.1) is 10.2 Å². The summed E-state index contributed by atoms with van der Waals surface area (Å²) in [5.41, 5.74) is 4.16. The molecule has 10 heteroatoms. The van der Waals surface area contributed by atoms with Crippen LogP contribution in [0.15, 0.2) is 51.9 Å². The molecule has 0 aliphatic heterocycles. The number of thioether (sulfide) groups is 1. The van der Waals surface area contributed by atoms with Gasteiger partial charge in [-0.3, -0.25) is 4.79 Å².